The largest absolute Gasteiger partial charge is 0.492 e. The molecule has 1 heterocycles. The first kappa shape index (κ1) is 9.93. The molecule has 2 aromatic rings. The maximum absolute atomic E-state index is 5.62. The molecule has 0 spiro atoms. The van der Waals surface area contributed by atoms with Crippen molar-refractivity contribution in [3.8, 4) is 5.75 Å². The highest BCUT2D eigenvalue weighted by atomic mass is 16.5. The molecule has 78 valence electrons. The first-order chi connectivity index (χ1) is 7.25. The minimum atomic E-state index is 0.0506. The third-order valence-corrected chi connectivity index (χ3v) is 2.09. The van der Waals surface area contributed by atoms with E-state index in [0.717, 1.165) is 16.7 Å². The molecule has 1 aromatic heterocycles. The predicted octanol–water partition coefficient (Wildman–Crippen LogP) is 1.96. The van der Waals surface area contributed by atoms with E-state index in [-0.39, 0.29) is 6.04 Å². The van der Waals surface area contributed by atoms with Gasteiger partial charge in [-0.1, -0.05) is 6.07 Å². The lowest BCUT2D eigenvalue weighted by Crippen LogP contribution is -2.23. The molecule has 15 heavy (non-hydrogen) atoms. The predicted molar refractivity (Wildman–Crippen MR) is 60.9 cm³/mol. The lowest BCUT2D eigenvalue weighted by atomic mass is 10.2. The normalized spacial score (nSPS) is 12.7. The third-order valence-electron chi connectivity index (χ3n) is 2.09. The summed E-state index contributed by atoms with van der Waals surface area (Å²) in [5.74, 6) is 0.841. The number of rotatable bonds is 3. The van der Waals surface area contributed by atoms with E-state index in [2.05, 4.69) is 4.98 Å². The van der Waals surface area contributed by atoms with Crippen molar-refractivity contribution in [3.63, 3.8) is 0 Å². The standard InChI is InChI=1S/C12H14N2O/c1-9(13)8-15-11-4-5-12-10(7-11)3-2-6-14-12/h2-7,9H,8,13H2,1H3/t9-/m1/s1. The van der Waals surface area contributed by atoms with Crippen molar-refractivity contribution in [1.29, 1.82) is 0 Å². The van der Waals surface area contributed by atoms with Crippen LogP contribution in [0.15, 0.2) is 36.5 Å². The molecule has 2 N–H and O–H groups in total. The van der Waals surface area contributed by atoms with Gasteiger partial charge >= 0.3 is 0 Å². The molecule has 0 radical (unpaired) electrons. The van der Waals surface area contributed by atoms with Gasteiger partial charge in [0.1, 0.15) is 12.4 Å². The fourth-order valence-electron chi connectivity index (χ4n) is 1.37. The van der Waals surface area contributed by atoms with Crippen molar-refractivity contribution in [3.05, 3.63) is 36.5 Å². The number of hydrogen-bond donors (Lipinski definition) is 1. The molecule has 0 saturated heterocycles. The Morgan fingerprint density at radius 3 is 3.07 bits per heavy atom. The quantitative estimate of drug-likeness (QED) is 0.827. The summed E-state index contributed by atoms with van der Waals surface area (Å²) in [6.45, 7) is 2.45. The molecule has 0 aliphatic heterocycles. The van der Waals surface area contributed by atoms with Crippen molar-refractivity contribution in [2.24, 2.45) is 5.73 Å². The zero-order valence-electron chi connectivity index (χ0n) is 8.68. The zero-order valence-corrected chi connectivity index (χ0v) is 8.68. The Morgan fingerprint density at radius 1 is 1.40 bits per heavy atom. The van der Waals surface area contributed by atoms with Crippen LogP contribution >= 0.6 is 0 Å². The first-order valence-corrected chi connectivity index (χ1v) is 4.99. The van der Waals surface area contributed by atoms with Gasteiger partial charge in [-0.3, -0.25) is 4.98 Å². The second-order valence-electron chi connectivity index (χ2n) is 3.65. The molecule has 0 aliphatic carbocycles. The maximum atomic E-state index is 5.62. The Balaban J connectivity index is 2.23. The topological polar surface area (TPSA) is 48.1 Å². The molecular formula is C12H14N2O. The third kappa shape index (κ3) is 2.44. The first-order valence-electron chi connectivity index (χ1n) is 4.99. The number of ether oxygens (including phenoxy) is 1. The Bertz CT molecular complexity index is 454. The summed E-state index contributed by atoms with van der Waals surface area (Å²) < 4.78 is 5.52. The van der Waals surface area contributed by atoms with Crippen molar-refractivity contribution in [1.82, 2.24) is 4.98 Å². The van der Waals surface area contributed by atoms with Crippen molar-refractivity contribution < 1.29 is 4.74 Å². The summed E-state index contributed by atoms with van der Waals surface area (Å²) >= 11 is 0. The van der Waals surface area contributed by atoms with Crippen LogP contribution in [0.5, 0.6) is 5.75 Å². The highest BCUT2D eigenvalue weighted by Gasteiger charge is 1.99. The van der Waals surface area contributed by atoms with Gasteiger partial charge in [0.05, 0.1) is 5.52 Å². The number of aromatic nitrogens is 1. The minimum Gasteiger partial charge on any atom is -0.492 e. The van der Waals surface area contributed by atoms with E-state index in [1.54, 1.807) is 6.20 Å². The van der Waals surface area contributed by atoms with Crippen LogP contribution in [0.4, 0.5) is 0 Å². The molecule has 3 nitrogen and oxygen atoms in total. The smallest absolute Gasteiger partial charge is 0.120 e. The van der Waals surface area contributed by atoms with Gasteiger partial charge in [0.15, 0.2) is 0 Å². The van der Waals surface area contributed by atoms with Gasteiger partial charge in [-0.2, -0.15) is 0 Å². The van der Waals surface area contributed by atoms with E-state index in [1.165, 1.54) is 0 Å². The van der Waals surface area contributed by atoms with Crippen LogP contribution in [0.1, 0.15) is 6.92 Å². The van der Waals surface area contributed by atoms with Crippen LogP contribution in [0.25, 0.3) is 10.9 Å². The fraction of sp³-hybridized carbons (Fsp3) is 0.250. The van der Waals surface area contributed by atoms with Gasteiger partial charge in [-0.25, -0.2) is 0 Å². The van der Waals surface area contributed by atoms with Gasteiger partial charge in [-0.05, 0) is 31.2 Å². The summed E-state index contributed by atoms with van der Waals surface area (Å²) in [5.41, 5.74) is 6.59. The monoisotopic (exact) mass is 202 g/mol. The van der Waals surface area contributed by atoms with Crippen molar-refractivity contribution in [2.45, 2.75) is 13.0 Å². The summed E-state index contributed by atoms with van der Waals surface area (Å²) in [5, 5.41) is 1.08. The molecule has 3 heteroatoms. The van der Waals surface area contributed by atoms with E-state index >= 15 is 0 Å². The molecule has 0 fully saturated rings. The van der Waals surface area contributed by atoms with Crippen LogP contribution in [0, 0.1) is 0 Å². The minimum absolute atomic E-state index is 0.0506. The van der Waals surface area contributed by atoms with Crippen LogP contribution in [0.2, 0.25) is 0 Å². The molecule has 1 atom stereocenters. The van der Waals surface area contributed by atoms with Gasteiger partial charge in [0.25, 0.3) is 0 Å². The van der Waals surface area contributed by atoms with Crippen molar-refractivity contribution >= 4 is 10.9 Å². The van der Waals surface area contributed by atoms with Crippen LogP contribution in [0.3, 0.4) is 0 Å². The SMILES string of the molecule is C[C@@H](N)COc1ccc2ncccc2c1. The van der Waals surface area contributed by atoms with Gasteiger partial charge < -0.3 is 10.5 Å². The number of nitrogens with zero attached hydrogens (tertiary/aromatic N) is 1. The molecule has 2 rings (SSSR count). The van der Waals surface area contributed by atoms with E-state index < -0.39 is 0 Å². The van der Waals surface area contributed by atoms with Gasteiger partial charge in [-0.15, -0.1) is 0 Å². The molecule has 1 aromatic carbocycles. The molecule has 0 amide bonds. The number of fused-ring (bicyclic) bond motifs is 1. The fourth-order valence-corrected chi connectivity index (χ4v) is 1.37. The number of nitrogens with two attached hydrogens (primary N) is 1. The second kappa shape index (κ2) is 4.28. The summed E-state index contributed by atoms with van der Waals surface area (Å²) in [4.78, 5) is 4.24. The van der Waals surface area contributed by atoms with E-state index in [9.17, 15) is 0 Å². The Labute approximate surface area is 88.9 Å². The Morgan fingerprint density at radius 2 is 2.27 bits per heavy atom. The average Bonchev–Trinajstić information content (AvgIpc) is 2.26. The number of pyridine rings is 1. The molecule has 0 unspecified atom stereocenters. The lowest BCUT2D eigenvalue weighted by Gasteiger charge is -2.08. The zero-order chi connectivity index (χ0) is 10.7. The van der Waals surface area contributed by atoms with Gasteiger partial charge in [0, 0.05) is 17.6 Å². The Hall–Kier alpha value is -1.61. The second-order valence-corrected chi connectivity index (χ2v) is 3.65. The number of benzene rings is 1. The van der Waals surface area contributed by atoms with E-state index in [4.69, 9.17) is 10.5 Å². The van der Waals surface area contributed by atoms with Crippen LogP contribution in [-0.2, 0) is 0 Å². The Kier molecular flexibility index (Phi) is 2.83. The highest BCUT2D eigenvalue weighted by Crippen LogP contribution is 2.18. The summed E-state index contributed by atoms with van der Waals surface area (Å²) in [7, 11) is 0. The van der Waals surface area contributed by atoms with Crippen LogP contribution < -0.4 is 10.5 Å². The van der Waals surface area contributed by atoms with E-state index in [1.807, 2.05) is 37.3 Å². The molecule has 0 aliphatic rings. The summed E-state index contributed by atoms with van der Waals surface area (Å²) in [6, 6.07) is 9.82. The van der Waals surface area contributed by atoms with E-state index in [0.29, 0.717) is 6.61 Å². The lowest BCUT2D eigenvalue weighted by molar-refractivity contribution is 0.296. The molecule has 0 saturated carbocycles. The number of hydrogen-bond acceptors (Lipinski definition) is 3. The van der Waals surface area contributed by atoms with Gasteiger partial charge in [0.2, 0.25) is 0 Å². The summed E-state index contributed by atoms with van der Waals surface area (Å²) in [6.07, 6.45) is 1.78. The van der Waals surface area contributed by atoms with Crippen LogP contribution in [-0.4, -0.2) is 17.6 Å². The van der Waals surface area contributed by atoms with Crippen molar-refractivity contribution in [2.75, 3.05) is 6.61 Å². The average molecular weight is 202 g/mol. The highest BCUT2D eigenvalue weighted by molar-refractivity contribution is 5.79. The maximum Gasteiger partial charge on any atom is 0.120 e. The molecule has 0 bridgehead atoms. The molecular weight excluding hydrogens is 188 g/mol.